The molecule has 1 amide bonds. The Balaban J connectivity index is 2.43. The highest BCUT2D eigenvalue weighted by Crippen LogP contribution is 2.26. The minimum atomic E-state index is -3.60. The van der Waals surface area contributed by atoms with Crippen LogP contribution in [0, 0.1) is 13.8 Å². The molecule has 0 spiro atoms. The number of carbonyl (C=O) groups excluding carboxylic acids is 2. The standard InChI is InChI=1S/C18H23N3O4S/c1-11-16(13(3)22)12(2)19-17(11)18(23)21(6)14-8-7-9-15(10-14)26(24,25)20(4)5/h7-10H,1-6H3,(H-,19,22,23,24,25). The second kappa shape index (κ2) is 7.14. The molecule has 0 saturated carbocycles. The molecular formula is C18H23N3O4S. The average Bonchev–Trinajstić information content (AvgIpc) is 2.88. The van der Waals surface area contributed by atoms with Crippen molar-refractivity contribution in [3.8, 4) is 0 Å². The van der Waals surface area contributed by atoms with Crippen LogP contribution in [0.25, 0.3) is 0 Å². The van der Waals surface area contributed by atoms with Crippen molar-refractivity contribution in [3.63, 3.8) is 0 Å². The van der Waals surface area contributed by atoms with E-state index < -0.39 is 10.4 Å². The smallest absolute Gasteiger partial charge is 0.274 e. The van der Waals surface area contributed by atoms with Gasteiger partial charge in [-0.05, 0) is 38.5 Å². The minimum absolute atomic E-state index is 0.100. The van der Waals surface area contributed by atoms with Gasteiger partial charge in [0.05, 0.1) is 0 Å². The van der Waals surface area contributed by atoms with E-state index in [1.54, 1.807) is 33.0 Å². The van der Waals surface area contributed by atoms with Crippen LogP contribution in [0.5, 0.6) is 0 Å². The fourth-order valence-electron chi connectivity index (χ4n) is 2.84. The first-order valence-electron chi connectivity index (χ1n) is 7.99. The molecule has 1 atom stereocenters. The number of amides is 1. The molecule has 1 aromatic heterocycles. The summed E-state index contributed by atoms with van der Waals surface area (Å²) in [6.45, 7) is 4.91. The van der Waals surface area contributed by atoms with Crippen LogP contribution < -0.4 is 4.90 Å². The van der Waals surface area contributed by atoms with E-state index in [0.29, 0.717) is 28.2 Å². The van der Waals surface area contributed by atoms with Crippen molar-refractivity contribution in [2.24, 2.45) is 0 Å². The molecule has 0 aliphatic heterocycles. The van der Waals surface area contributed by atoms with Crippen molar-refractivity contribution >= 4 is 27.8 Å². The zero-order valence-corrected chi connectivity index (χ0v) is 16.6. The summed E-state index contributed by atoms with van der Waals surface area (Å²) in [7, 11) is 0.859. The monoisotopic (exact) mass is 377 g/mol. The van der Waals surface area contributed by atoms with Gasteiger partial charge in [-0.1, -0.05) is 10.3 Å². The van der Waals surface area contributed by atoms with Crippen molar-refractivity contribution < 1.29 is 18.4 Å². The number of aromatic amines is 1. The fourth-order valence-corrected chi connectivity index (χ4v) is 3.78. The second-order valence-electron chi connectivity index (χ2n) is 6.33. The third kappa shape index (κ3) is 3.48. The van der Waals surface area contributed by atoms with Crippen molar-refractivity contribution in [2.45, 2.75) is 25.7 Å². The summed E-state index contributed by atoms with van der Waals surface area (Å²) in [4.78, 5) is 29.1. The van der Waals surface area contributed by atoms with Gasteiger partial charge in [0.1, 0.15) is 5.69 Å². The molecule has 0 bridgehead atoms. The predicted octanol–water partition coefficient (Wildman–Crippen LogP) is 2.58. The van der Waals surface area contributed by atoms with Crippen LogP contribution in [0.2, 0.25) is 0 Å². The van der Waals surface area contributed by atoms with Crippen LogP contribution in [-0.2, 0) is 14.6 Å². The Bertz CT molecular complexity index is 917. The van der Waals surface area contributed by atoms with E-state index in [4.69, 9.17) is 0 Å². The molecule has 2 aromatic rings. The summed E-state index contributed by atoms with van der Waals surface area (Å²) < 4.78 is 25.7. The molecule has 140 valence electrons. The topological polar surface area (TPSA) is 96.5 Å². The summed E-state index contributed by atoms with van der Waals surface area (Å²) >= 11 is 0. The third-order valence-electron chi connectivity index (χ3n) is 4.29. The Hall–Kier alpha value is -2.29. The molecule has 1 unspecified atom stereocenters. The molecule has 1 N–H and O–H groups in total. The quantitative estimate of drug-likeness (QED) is 0.640. The Morgan fingerprint density at radius 2 is 1.77 bits per heavy atom. The first-order chi connectivity index (χ1) is 12.0. The number of hydrogen-bond donors (Lipinski definition) is 1. The average molecular weight is 377 g/mol. The molecule has 0 saturated heterocycles. The summed E-state index contributed by atoms with van der Waals surface area (Å²) in [6.07, 6.45) is 0. The van der Waals surface area contributed by atoms with Gasteiger partial charge in [0.15, 0.2) is 21.1 Å². The van der Waals surface area contributed by atoms with Crippen LogP contribution >= 0.6 is 0 Å². The number of rotatable bonds is 5. The Morgan fingerprint density at radius 3 is 2.27 bits per heavy atom. The van der Waals surface area contributed by atoms with Crippen molar-refractivity contribution in [3.05, 3.63) is 46.8 Å². The highest BCUT2D eigenvalue weighted by Gasteiger charge is 2.26. The van der Waals surface area contributed by atoms with Crippen molar-refractivity contribution in [2.75, 3.05) is 26.0 Å². The maximum Gasteiger partial charge on any atom is 0.274 e. The minimum Gasteiger partial charge on any atom is -0.593 e. The molecule has 2 rings (SSSR count). The number of sulfonamides is 1. The van der Waals surface area contributed by atoms with Gasteiger partial charge in [0.25, 0.3) is 5.91 Å². The number of anilines is 1. The lowest BCUT2D eigenvalue weighted by atomic mass is 10.1. The number of carbonyl (C=O) groups is 2. The molecule has 8 heteroatoms. The van der Waals surface area contributed by atoms with E-state index in [9.17, 15) is 18.4 Å². The summed E-state index contributed by atoms with van der Waals surface area (Å²) in [5.74, 6) is -0.463. The summed E-state index contributed by atoms with van der Waals surface area (Å²) in [5, 5.41) is 0. The first-order valence-corrected chi connectivity index (χ1v) is 9.43. The number of nitrogens with one attached hydrogen (secondary N) is 1. The molecule has 1 aromatic carbocycles. The fraction of sp³-hybridized carbons (Fsp3) is 0.333. The number of nitrogens with zero attached hydrogens (tertiary/aromatic N) is 2. The van der Waals surface area contributed by atoms with Gasteiger partial charge in [-0.15, -0.1) is 4.31 Å². The molecule has 0 aliphatic rings. The zero-order chi connectivity index (χ0) is 19.8. The first kappa shape index (κ1) is 20.0. The molecule has 7 nitrogen and oxygen atoms in total. The number of ketones is 1. The Morgan fingerprint density at radius 1 is 1.15 bits per heavy atom. The van der Waals surface area contributed by atoms with Crippen LogP contribution in [0.3, 0.4) is 0 Å². The molecular weight excluding hydrogens is 354 g/mol. The van der Waals surface area contributed by atoms with Crippen molar-refractivity contribution in [1.29, 1.82) is 0 Å². The maximum absolute atomic E-state index is 12.9. The van der Waals surface area contributed by atoms with Crippen LogP contribution in [0.15, 0.2) is 29.2 Å². The lowest BCUT2D eigenvalue weighted by Gasteiger charge is -2.22. The van der Waals surface area contributed by atoms with Gasteiger partial charge in [-0.25, -0.2) is 0 Å². The van der Waals surface area contributed by atoms with Gasteiger partial charge in [0, 0.05) is 44.2 Å². The highest BCUT2D eigenvalue weighted by atomic mass is 32.3. The Labute approximate surface area is 154 Å². The molecule has 0 fully saturated rings. The number of H-pyrrole nitrogens is 1. The van der Waals surface area contributed by atoms with E-state index in [2.05, 4.69) is 4.98 Å². The molecule has 26 heavy (non-hydrogen) atoms. The number of aryl methyl sites for hydroxylation is 1. The van der Waals surface area contributed by atoms with E-state index >= 15 is 0 Å². The third-order valence-corrected chi connectivity index (χ3v) is 6.10. The number of benzene rings is 1. The van der Waals surface area contributed by atoms with Gasteiger partial charge in [-0.2, -0.15) is 0 Å². The molecule has 0 aliphatic carbocycles. The van der Waals surface area contributed by atoms with E-state index in [1.807, 2.05) is 0 Å². The van der Waals surface area contributed by atoms with E-state index in [1.165, 1.54) is 38.1 Å². The highest BCUT2D eigenvalue weighted by molar-refractivity contribution is 7.95. The SMILES string of the molecule is CC(=O)c1c(C)[nH]c(C(=O)N(C)c2cccc([S+](=O)([O-])N(C)C)c2)c1C. The van der Waals surface area contributed by atoms with Crippen LogP contribution in [0.1, 0.15) is 39.0 Å². The number of aromatic nitrogens is 1. The van der Waals surface area contributed by atoms with Gasteiger partial charge in [0.2, 0.25) is 0 Å². The van der Waals surface area contributed by atoms with E-state index in [0.717, 1.165) is 4.31 Å². The van der Waals surface area contributed by atoms with Crippen LogP contribution in [0.4, 0.5) is 5.69 Å². The Kier molecular flexibility index (Phi) is 5.50. The van der Waals surface area contributed by atoms with Crippen molar-refractivity contribution in [1.82, 2.24) is 9.29 Å². The summed E-state index contributed by atoms with van der Waals surface area (Å²) in [5.41, 5.74) is 2.48. The lowest BCUT2D eigenvalue weighted by molar-refractivity contribution is 0.0987. The van der Waals surface area contributed by atoms with Gasteiger partial charge < -0.3 is 14.4 Å². The molecule has 0 radical (unpaired) electrons. The van der Waals surface area contributed by atoms with Gasteiger partial charge in [-0.3, -0.25) is 9.59 Å². The normalized spacial score (nSPS) is 13.5. The summed E-state index contributed by atoms with van der Waals surface area (Å²) in [6, 6.07) is 6.17. The maximum atomic E-state index is 12.9. The predicted molar refractivity (Wildman–Crippen MR) is 100 cm³/mol. The zero-order valence-electron chi connectivity index (χ0n) is 15.7. The number of hydrogen-bond acceptors (Lipinski definition) is 4. The second-order valence-corrected chi connectivity index (χ2v) is 8.48. The van der Waals surface area contributed by atoms with Gasteiger partial charge >= 0.3 is 0 Å². The van der Waals surface area contributed by atoms with Crippen LogP contribution in [-0.4, -0.2) is 46.7 Å². The largest absolute Gasteiger partial charge is 0.593 e. The lowest BCUT2D eigenvalue weighted by Crippen LogP contribution is -2.30. The van der Waals surface area contributed by atoms with E-state index in [-0.39, 0.29) is 16.6 Å². The number of Topliss-reactive ketones (excluding diaryl/α,β-unsaturated/α-hetero) is 1. The molecule has 1 heterocycles.